The van der Waals surface area contributed by atoms with E-state index in [0.29, 0.717) is 24.4 Å². The Bertz CT molecular complexity index is 1180. The number of hydrogen-bond acceptors (Lipinski definition) is 6. The number of rotatable bonds is 5. The summed E-state index contributed by atoms with van der Waals surface area (Å²) >= 11 is 0. The predicted molar refractivity (Wildman–Crippen MR) is 121 cm³/mol. The fraction of sp³-hybridized carbons (Fsp3) is 0.391. The van der Waals surface area contributed by atoms with Crippen molar-refractivity contribution in [3.8, 4) is 11.5 Å². The van der Waals surface area contributed by atoms with Crippen molar-refractivity contribution in [3.63, 3.8) is 0 Å². The topological polar surface area (TPSA) is 103 Å². The minimum atomic E-state index is -0.258. The number of piperazine rings is 1. The zero-order chi connectivity index (χ0) is 22.1. The number of anilines is 1. The average Bonchev–Trinajstić information content (AvgIpc) is 3.18. The van der Waals surface area contributed by atoms with Gasteiger partial charge >= 0.3 is 5.69 Å². The van der Waals surface area contributed by atoms with Crippen molar-refractivity contribution in [1.82, 2.24) is 19.8 Å². The molecule has 32 heavy (non-hydrogen) atoms. The van der Waals surface area contributed by atoms with E-state index in [-0.39, 0.29) is 17.6 Å². The summed E-state index contributed by atoms with van der Waals surface area (Å²) < 4.78 is 11.3. The Morgan fingerprint density at radius 1 is 1.00 bits per heavy atom. The van der Waals surface area contributed by atoms with Crippen LogP contribution in [0, 0.1) is 0 Å². The van der Waals surface area contributed by atoms with Gasteiger partial charge in [0.05, 0.1) is 17.1 Å². The van der Waals surface area contributed by atoms with Gasteiger partial charge in [-0.05, 0) is 42.8 Å². The molecule has 9 heteroatoms. The fourth-order valence-electron chi connectivity index (χ4n) is 4.28. The van der Waals surface area contributed by atoms with E-state index >= 15 is 0 Å². The number of aromatic amines is 2. The van der Waals surface area contributed by atoms with Crippen molar-refractivity contribution >= 4 is 22.6 Å². The first-order chi connectivity index (χ1) is 15.5. The number of nitrogens with one attached hydrogen (secondary N) is 3. The van der Waals surface area contributed by atoms with Crippen LogP contribution in [0.15, 0.2) is 41.2 Å². The van der Waals surface area contributed by atoms with E-state index < -0.39 is 0 Å². The maximum Gasteiger partial charge on any atom is 0.323 e. The monoisotopic (exact) mass is 437 g/mol. The van der Waals surface area contributed by atoms with Gasteiger partial charge < -0.3 is 24.8 Å². The normalized spacial score (nSPS) is 17.9. The molecular weight excluding hydrogens is 410 g/mol. The number of hydrogen-bond donors (Lipinski definition) is 3. The minimum absolute atomic E-state index is 0.0532. The molecule has 1 aromatic heterocycles. The molecule has 1 atom stereocenters. The quantitative estimate of drug-likeness (QED) is 0.562. The highest BCUT2D eigenvalue weighted by Gasteiger charge is 2.26. The highest BCUT2D eigenvalue weighted by atomic mass is 16.6. The Morgan fingerprint density at radius 3 is 2.56 bits per heavy atom. The van der Waals surface area contributed by atoms with Crippen LogP contribution in [0.3, 0.4) is 0 Å². The summed E-state index contributed by atoms with van der Waals surface area (Å²) in [7, 11) is 0. The maximum atomic E-state index is 12.8. The molecule has 9 nitrogen and oxygen atoms in total. The zero-order valence-corrected chi connectivity index (χ0v) is 18.0. The van der Waals surface area contributed by atoms with Crippen LogP contribution in [0.4, 0.5) is 5.69 Å². The van der Waals surface area contributed by atoms with Gasteiger partial charge in [0.1, 0.15) is 13.2 Å². The predicted octanol–water partition coefficient (Wildman–Crippen LogP) is 1.77. The number of nitrogens with zero attached hydrogens (tertiary/aromatic N) is 2. The number of amides is 1. The van der Waals surface area contributed by atoms with Gasteiger partial charge in [-0.3, -0.25) is 14.6 Å². The molecule has 168 valence electrons. The standard InChI is InChI=1S/C23H27N5O4/c1-15(22(29)24-17-3-4-18-19(13-17)26-23(30)25-18)28-8-6-27(7-9-28)14-16-2-5-20-21(12-16)32-11-10-31-20/h2-5,12-13,15H,6-11,14H2,1H3,(H,24,29)(H2,25,26,30)/t15-/m1/s1. The third-order valence-electron chi connectivity index (χ3n) is 6.13. The summed E-state index contributed by atoms with van der Waals surface area (Å²) in [6.45, 7) is 7.40. The number of fused-ring (bicyclic) bond motifs is 2. The third-order valence-corrected chi connectivity index (χ3v) is 6.13. The SMILES string of the molecule is C[C@H](C(=O)Nc1ccc2[nH]c(=O)[nH]c2c1)N1CCN(Cc2ccc3c(c2)OCCO3)CC1. The van der Waals surface area contributed by atoms with E-state index in [0.717, 1.165) is 49.7 Å². The molecule has 0 radical (unpaired) electrons. The molecule has 0 saturated carbocycles. The molecule has 3 N–H and O–H groups in total. The Kier molecular flexibility index (Phi) is 5.59. The Balaban J connectivity index is 1.14. The Hall–Kier alpha value is -3.30. The summed E-state index contributed by atoms with van der Waals surface area (Å²) in [5, 5.41) is 2.96. The number of ether oxygens (including phenoxy) is 2. The second-order valence-corrected chi connectivity index (χ2v) is 8.29. The first kappa shape index (κ1) is 20.6. The molecular formula is C23H27N5O4. The van der Waals surface area contributed by atoms with E-state index in [4.69, 9.17) is 9.47 Å². The van der Waals surface area contributed by atoms with Crippen molar-refractivity contribution in [3.05, 3.63) is 52.4 Å². The van der Waals surface area contributed by atoms with Gasteiger partial charge in [0.25, 0.3) is 0 Å². The summed E-state index contributed by atoms with van der Waals surface area (Å²) in [6.07, 6.45) is 0. The summed E-state index contributed by atoms with van der Waals surface area (Å²) in [5.74, 6) is 1.58. The van der Waals surface area contributed by atoms with Crippen LogP contribution >= 0.6 is 0 Å². The molecule has 2 aliphatic rings. The van der Waals surface area contributed by atoms with Crippen LogP contribution in [0.25, 0.3) is 11.0 Å². The lowest BCUT2D eigenvalue weighted by Gasteiger charge is -2.37. The molecule has 2 aliphatic heterocycles. The molecule has 0 unspecified atom stereocenters. The second kappa shape index (κ2) is 8.68. The van der Waals surface area contributed by atoms with Gasteiger partial charge in [-0.25, -0.2) is 4.79 Å². The minimum Gasteiger partial charge on any atom is -0.486 e. The van der Waals surface area contributed by atoms with Crippen LogP contribution in [0.2, 0.25) is 0 Å². The number of carbonyl (C=O) groups excluding carboxylic acids is 1. The smallest absolute Gasteiger partial charge is 0.323 e. The summed E-state index contributed by atoms with van der Waals surface area (Å²) in [5.41, 5.74) is 3.00. The Morgan fingerprint density at radius 2 is 1.75 bits per heavy atom. The Labute approximate surface area is 185 Å². The molecule has 0 aliphatic carbocycles. The first-order valence-electron chi connectivity index (χ1n) is 10.9. The van der Waals surface area contributed by atoms with Crippen LogP contribution in [0.5, 0.6) is 11.5 Å². The van der Waals surface area contributed by atoms with Crippen molar-refractivity contribution in [2.45, 2.75) is 19.5 Å². The zero-order valence-electron chi connectivity index (χ0n) is 18.0. The molecule has 0 spiro atoms. The third kappa shape index (κ3) is 4.35. The van der Waals surface area contributed by atoms with Crippen LogP contribution in [-0.2, 0) is 11.3 Å². The second-order valence-electron chi connectivity index (χ2n) is 8.29. The van der Waals surface area contributed by atoms with Gasteiger partial charge in [-0.1, -0.05) is 6.07 Å². The van der Waals surface area contributed by atoms with Gasteiger partial charge in [-0.15, -0.1) is 0 Å². The molecule has 1 amide bonds. The van der Waals surface area contributed by atoms with E-state index in [9.17, 15) is 9.59 Å². The van der Waals surface area contributed by atoms with Crippen molar-refractivity contribution < 1.29 is 14.3 Å². The van der Waals surface area contributed by atoms with Crippen LogP contribution in [0.1, 0.15) is 12.5 Å². The fourth-order valence-corrected chi connectivity index (χ4v) is 4.28. The van der Waals surface area contributed by atoms with Gasteiger partial charge in [0.2, 0.25) is 5.91 Å². The van der Waals surface area contributed by atoms with Gasteiger partial charge in [0.15, 0.2) is 11.5 Å². The van der Waals surface area contributed by atoms with E-state index in [1.54, 1.807) is 18.2 Å². The highest BCUT2D eigenvalue weighted by molar-refractivity contribution is 5.96. The molecule has 1 fully saturated rings. The average molecular weight is 438 g/mol. The molecule has 1 saturated heterocycles. The van der Waals surface area contributed by atoms with Crippen LogP contribution < -0.4 is 20.5 Å². The summed E-state index contributed by atoms with van der Waals surface area (Å²) in [6, 6.07) is 11.2. The van der Waals surface area contributed by atoms with Gasteiger partial charge in [-0.2, -0.15) is 0 Å². The van der Waals surface area contributed by atoms with Gasteiger partial charge in [0, 0.05) is 38.4 Å². The number of benzene rings is 2. The van der Waals surface area contributed by atoms with E-state index in [1.807, 2.05) is 13.0 Å². The van der Waals surface area contributed by atoms with Crippen molar-refractivity contribution in [1.29, 1.82) is 0 Å². The molecule has 3 aromatic rings. The summed E-state index contributed by atoms with van der Waals surface area (Å²) in [4.78, 5) is 34.2. The maximum absolute atomic E-state index is 12.8. The highest BCUT2D eigenvalue weighted by Crippen LogP contribution is 2.31. The number of H-pyrrole nitrogens is 2. The van der Waals surface area contributed by atoms with E-state index in [1.165, 1.54) is 5.56 Å². The number of imidazole rings is 1. The van der Waals surface area contributed by atoms with Crippen LogP contribution in [-0.4, -0.2) is 71.1 Å². The lowest BCUT2D eigenvalue weighted by molar-refractivity contribution is -0.121. The molecule has 2 aromatic carbocycles. The van der Waals surface area contributed by atoms with Crippen molar-refractivity contribution in [2.75, 3.05) is 44.7 Å². The molecule has 3 heterocycles. The first-order valence-corrected chi connectivity index (χ1v) is 10.9. The number of carbonyl (C=O) groups is 1. The van der Waals surface area contributed by atoms with E-state index in [2.05, 4.69) is 37.2 Å². The van der Waals surface area contributed by atoms with Crippen molar-refractivity contribution in [2.24, 2.45) is 0 Å². The molecule has 0 bridgehead atoms. The molecule has 5 rings (SSSR count). The lowest BCUT2D eigenvalue weighted by Crippen LogP contribution is -2.52. The number of aromatic nitrogens is 2. The lowest BCUT2D eigenvalue weighted by atomic mass is 10.1. The largest absolute Gasteiger partial charge is 0.486 e.